The van der Waals surface area contributed by atoms with Crippen LogP contribution in [0.5, 0.6) is 11.5 Å². The predicted molar refractivity (Wildman–Crippen MR) is 81.5 cm³/mol. The van der Waals surface area contributed by atoms with Crippen molar-refractivity contribution >= 4 is 15.9 Å². The van der Waals surface area contributed by atoms with Crippen molar-refractivity contribution in [2.24, 2.45) is 0 Å². The monoisotopic (exact) mass is 339 g/mol. The number of nitrogens with one attached hydrogen (secondary N) is 1. The van der Waals surface area contributed by atoms with Gasteiger partial charge in [-0.3, -0.25) is 0 Å². The standard InChI is InChI=1S/C15H18BrNO3/c1-4-17-14(13-5-6-20-15(13)16)10-7-11(18-2)9-12(8-10)19-3/h5-9,14,17H,4H2,1-3H3. The van der Waals surface area contributed by atoms with Crippen LogP contribution in [0.4, 0.5) is 0 Å². The zero-order valence-corrected chi connectivity index (χ0v) is 13.4. The van der Waals surface area contributed by atoms with Crippen LogP contribution in [0.3, 0.4) is 0 Å². The quantitative estimate of drug-likeness (QED) is 0.870. The molecule has 5 heteroatoms. The summed E-state index contributed by atoms with van der Waals surface area (Å²) in [4.78, 5) is 0. The van der Waals surface area contributed by atoms with E-state index in [9.17, 15) is 0 Å². The summed E-state index contributed by atoms with van der Waals surface area (Å²) in [7, 11) is 3.29. The van der Waals surface area contributed by atoms with Gasteiger partial charge in [0.05, 0.1) is 26.5 Å². The molecule has 0 aliphatic heterocycles. The van der Waals surface area contributed by atoms with Crippen LogP contribution in [0.1, 0.15) is 24.1 Å². The molecule has 2 aromatic rings. The molecule has 1 heterocycles. The maximum atomic E-state index is 5.34. The normalized spacial score (nSPS) is 12.2. The Morgan fingerprint density at radius 3 is 2.30 bits per heavy atom. The number of methoxy groups -OCH3 is 2. The van der Waals surface area contributed by atoms with Gasteiger partial charge in [0.15, 0.2) is 4.67 Å². The first kappa shape index (κ1) is 14.9. The minimum absolute atomic E-state index is 0.0112. The van der Waals surface area contributed by atoms with Crippen molar-refractivity contribution in [1.29, 1.82) is 0 Å². The SMILES string of the molecule is CCNC(c1cc(OC)cc(OC)c1)c1ccoc1Br. The van der Waals surface area contributed by atoms with Gasteiger partial charge < -0.3 is 19.2 Å². The Hall–Kier alpha value is -1.46. The number of hydrogen-bond donors (Lipinski definition) is 1. The van der Waals surface area contributed by atoms with E-state index in [4.69, 9.17) is 13.9 Å². The lowest BCUT2D eigenvalue weighted by atomic mass is 10.0. The van der Waals surface area contributed by atoms with Crippen LogP contribution >= 0.6 is 15.9 Å². The maximum absolute atomic E-state index is 5.34. The van der Waals surface area contributed by atoms with Crippen molar-refractivity contribution in [3.8, 4) is 11.5 Å². The first-order valence-corrected chi connectivity index (χ1v) is 7.18. The van der Waals surface area contributed by atoms with Gasteiger partial charge in [0.25, 0.3) is 0 Å². The van der Waals surface area contributed by atoms with Crippen molar-refractivity contribution in [3.63, 3.8) is 0 Å². The number of rotatable bonds is 6. The second kappa shape index (κ2) is 6.81. The number of benzene rings is 1. The minimum Gasteiger partial charge on any atom is -0.497 e. The molecule has 0 saturated carbocycles. The number of hydrogen-bond acceptors (Lipinski definition) is 4. The van der Waals surface area contributed by atoms with E-state index in [2.05, 4.69) is 28.2 Å². The molecule has 0 amide bonds. The summed E-state index contributed by atoms with van der Waals surface area (Å²) >= 11 is 3.44. The van der Waals surface area contributed by atoms with E-state index < -0.39 is 0 Å². The molecule has 1 N–H and O–H groups in total. The Morgan fingerprint density at radius 2 is 1.85 bits per heavy atom. The molecule has 0 bridgehead atoms. The lowest BCUT2D eigenvalue weighted by molar-refractivity contribution is 0.392. The van der Waals surface area contributed by atoms with Gasteiger partial charge in [-0.2, -0.15) is 0 Å². The third kappa shape index (κ3) is 3.16. The van der Waals surface area contributed by atoms with Crippen LogP contribution in [-0.4, -0.2) is 20.8 Å². The van der Waals surface area contributed by atoms with Crippen molar-refractivity contribution in [2.75, 3.05) is 20.8 Å². The first-order chi connectivity index (χ1) is 9.69. The van der Waals surface area contributed by atoms with Gasteiger partial charge in [0.2, 0.25) is 0 Å². The van der Waals surface area contributed by atoms with Crippen molar-refractivity contribution in [2.45, 2.75) is 13.0 Å². The number of ether oxygens (including phenoxy) is 2. The van der Waals surface area contributed by atoms with Gasteiger partial charge in [-0.15, -0.1) is 0 Å². The third-order valence-corrected chi connectivity index (χ3v) is 3.72. The van der Waals surface area contributed by atoms with Crippen LogP contribution < -0.4 is 14.8 Å². The fourth-order valence-corrected chi connectivity index (χ4v) is 2.59. The summed E-state index contributed by atoms with van der Waals surface area (Å²) in [6.45, 7) is 2.90. The van der Waals surface area contributed by atoms with Gasteiger partial charge in [-0.05, 0) is 46.2 Å². The molecular formula is C15H18BrNO3. The molecule has 20 heavy (non-hydrogen) atoms. The molecule has 0 aliphatic carbocycles. The molecule has 0 fully saturated rings. The third-order valence-electron chi connectivity index (χ3n) is 3.07. The van der Waals surface area contributed by atoms with E-state index in [0.29, 0.717) is 0 Å². The van der Waals surface area contributed by atoms with Crippen LogP contribution in [0.25, 0.3) is 0 Å². The van der Waals surface area contributed by atoms with Crippen LogP contribution in [0.15, 0.2) is 39.6 Å². The Bertz CT molecular complexity index is 546. The molecule has 1 aromatic carbocycles. The highest BCUT2D eigenvalue weighted by molar-refractivity contribution is 9.10. The van der Waals surface area contributed by atoms with E-state index in [1.54, 1.807) is 20.5 Å². The Morgan fingerprint density at radius 1 is 1.20 bits per heavy atom. The zero-order chi connectivity index (χ0) is 14.5. The van der Waals surface area contributed by atoms with Crippen LogP contribution in [0.2, 0.25) is 0 Å². The number of furan rings is 1. The Labute approximate surface area is 127 Å². The summed E-state index contributed by atoms with van der Waals surface area (Å²) in [6.07, 6.45) is 1.67. The maximum Gasteiger partial charge on any atom is 0.174 e. The molecule has 108 valence electrons. The average molecular weight is 340 g/mol. The van der Waals surface area contributed by atoms with E-state index in [-0.39, 0.29) is 6.04 Å². The molecule has 0 aliphatic rings. The van der Waals surface area contributed by atoms with Gasteiger partial charge in [0, 0.05) is 11.6 Å². The highest BCUT2D eigenvalue weighted by Gasteiger charge is 2.19. The second-order valence-electron chi connectivity index (χ2n) is 4.29. The smallest absolute Gasteiger partial charge is 0.174 e. The van der Waals surface area contributed by atoms with Gasteiger partial charge in [-0.1, -0.05) is 6.92 Å². The summed E-state index contributed by atoms with van der Waals surface area (Å²) in [5, 5.41) is 3.44. The molecule has 1 atom stereocenters. The molecule has 1 aromatic heterocycles. The Kier molecular flexibility index (Phi) is 5.09. The van der Waals surface area contributed by atoms with Gasteiger partial charge in [0.1, 0.15) is 11.5 Å². The molecule has 4 nitrogen and oxygen atoms in total. The first-order valence-electron chi connectivity index (χ1n) is 6.38. The largest absolute Gasteiger partial charge is 0.497 e. The zero-order valence-electron chi connectivity index (χ0n) is 11.8. The lowest BCUT2D eigenvalue weighted by Gasteiger charge is -2.19. The minimum atomic E-state index is 0.0112. The Balaban J connectivity index is 2.46. The lowest BCUT2D eigenvalue weighted by Crippen LogP contribution is -2.22. The molecule has 0 spiro atoms. The molecule has 2 rings (SSSR count). The topological polar surface area (TPSA) is 43.6 Å². The van der Waals surface area contributed by atoms with E-state index in [0.717, 1.165) is 33.8 Å². The predicted octanol–water partition coefficient (Wildman–Crippen LogP) is 3.76. The molecular weight excluding hydrogens is 322 g/mol. The molecule has 0 radical (unpaired) electrons. The fourth-order valence-electron chi connectivity index (χ4n) is 2.12. The summed E-state index contributed by atoms with van der Waals surface area (Å²) in [5.41, 5.74) is 2.10. The summed E-state index contributed by atoms with van der Waals surface area (Å²) in [5.74, 6) is 1.53. The van der Waals surface area contributed by atoms with Gasteiger partial charge in [-0.25, -0.2) is 0 Å². The average Bonchev–Trinajstić information content (AvgIpc) is 2.90. The number of halogens is 1. The van der Waals surface area contributed by atoms with Crippen LogP contribution in [0, 0.1) is 0 Å². The fraction of sp³-hybridized carbons (Fsp3) is 0.333. The van der Waals surface area contributed by atoms with E-state index >= 15 is 0 Å². The molecule has 1 unspecified atom stereocenters. The summed E-state index contributed by atoms with van der Waals surface area (Å²) in [6, 6.07) is 7.81. The summed E-state index contributed by atoms with van der Waals surface area (Å²) < 4.78 is 16.7. The van der Waals surface area contributed by atoms with Crippen LogP contribution in [-0.2, 0) is 0 Å². The highest BCUT2D eigenvalue weighted by atomic mass is 79.9. The van der Waals surface area contributed by atoms with E-state index in [1.165, 1.54) is 0 Å². The highest BCUT2D eigenvalue weighted by Crippen LogP contribution is 2.33. The van der Waals surface area contributed by atoms with Gasteiger partial charge >= 0.3 is 0 Å². The van der Waals surface area contributed by atoms with E-state index in [1.807, 2.05) is 24.3 Å². The second-order valence-corrected chi connectivity index (χ2v) is 5.01. The van der Waals surface area contributed by atoms with Crippen molar-refractivity contribution < 1.29 is 13.9 Å². The molecule has 0 saturated heterocycles. The van der Waals surface area contributed by atoms with Crippen molar-refractivity contribution in [1.82, 2.24) is 5.32 Å². The van der Waals surface area contributed by atoms with Crippen molar-refractivity contribution in [3.05, 3.63) is 46.3 Å².